The Hall–Kier alpha value is -1.71. The normalized spacial score (nSPS) is 11.8. The lowest BCUT2D eigenvalue weighted by Gasteiger charge is -2.19. The van der Waals surface area contributed by atoms with Crippen molar-refractivity contribution in [2.24, 2.45) is 0 Å². The molecule has 19 heavy (non-hydrogen) atoms. The Kier molecular flexibility index (Phi) is 5.67. The van der Waals surface area contributed by atoms with E-state index in [0.717, 1.165) is 24.3 Å². The Morgan fingerprint density at radius 3 is 2.63 bits per heavy atom. The van der Waals surface area contributed by atoms with Crippen molar-refractivity contribution in [2.45, 2.75) is 33.2 Å². The molecule has 0 heterocycles. The largest absolute Gasteiger partial charge is 0.377 e. The lowest BCUT2D eigenvalue weighted by molar-refractivity contribution is -0.121. The van der Waals surface area contributed by atoms with Gasteiger partial charge in [0.1, 0.15) is 6.04 Å². The quantitative estimate of drug-likeness (QED) is 0.828. The lowest BCUT2D eigenvalue weighted by Crippen LogP contribution is -2.37. The summed E-state index contributed by atoms with van der Waals surface area (Å²) in [7, 11) is 4.03. The first-order valence-corrected chi connectivity index (χ1v) is 6.78. The SMILES string of the molecule is CCCNC(=O)C(C)Nc1ccc(C)c(N(C)C)c1. The van der Waals surface area contributed by atoms with Crippen molar-refractivity contribution >= 4 is 17.3 Å². The summed E-state index contributed by atoms with van der Waals surface area (Å²) in [6.07, 6.45) is 0.952. The van der Waals surface area contributed by atoms with Crippen molar-refractivity contribution in [3.05, 3.63) is 23.8 Å². The molecule has 1 rings (SSSR count). The molecule has 0 aliphatic heterocycles. The molecule has 1 unspecified atom stereocenters. The monoisotopic (exact) mass is 263 g/mol. The van der Waals surface area contributed by atoms with Crippen LogP contribution in [0.2, 0.25) is 0 Å². The number of aryl methyl sites for hydroxylation is 1. The molecule has 4 nitrogen and oxygen atoms in total. The first kappa shape index (κ1) is 15.3. The molecule has 0 aromatic heterocycles. The maximum Gasteiger partial charge on any atom is 0.242 e. The molecule has 0 saturated heterocycles. The van der Waals surface area contributed by atoms with Gasteiger partial charge in [-0.1, -0.05) is 13.0 Å². The van der Waals surface area contributed by atoms with Crippen molar-refractivity contribution in [2.75, 3.05) is 30.9 Å². The first-order valence-electron chi connectivity index (χ1n) is 6.78. The van der Waals surface area contributed by atoms with E-state index in [2.05, 4.69) is 34.6 Å². The average Bonchev–Trinajstić information content (AvgIpc) is 2.37. The number of rotatable bonds is 6. The molecule has 0 bridgehead atoms. The zero-order chi connectivity index (χ0) is 14.4. The highest BCUT2D eigenvalue weighted by molar-refractivity contribution is 5.84. The molecule has 0 fully saturated rings. The van der Waals surface area contributed by atoms with E-state index in [-0.39, 0.29) is 11.9 Å². The van der Waals surface area contributed by atoms with Crippen LogP contribution in [0.15, 0.2) is 18.2 Å². The molecule has 0 aliphatic carbocycles. The average molecular weight is 263 g/mol. The van der Waals surface area contributed by atoms with Crippen LogP contribution in [0.4, 0.5) is 11.4 Å². The summed E-state index contributed by atoms with van der Waals surface area (Å²) < 4.78 is 0. The van der Waals surface area contributed by atoms with Crippen molar-refractivity contribution in [3.8, 4) is 0 Å². The minimum Gasteiger partial charge on any atom is -0.377 e. The summed E-state index contributed by atoms with van der Waals surface area (Å²) in [6, 6.07) is 5.91. The van der Waals surface area contributed by atoms with E-state index >= 15 is 0 Å². The van der Waals surface area contributed by atoms with Gasteiger partial charge >= 0.3 is 0 Å². The molecule has 0 radical (unpaired) electrons. The highest BCUT2D eigenvalue weighted by Gasteiger charge is 2.12. The van der Waals surface area contributed by atoms with Crippen LogP contribution in [0.5, 0.6) is 0 Å². The topological polar surface area (TPSA) is 44.4 Å². The van der Waals surface area contributed by atoms with Crippen molar-refractivity contribution in [3.63, 3.8) is 0 Å². The number of benzene rings is 1. The number of hydrogen-bond acceptors (Lipinski definition) is 3. The van der Waals surface area contributed by atoms with Gasteiger partial charge < -0.3 is 15.5 Å². The fraction of sp³-hybridized carbons (Fsp3) is 0.533. The second kappa shape index (κ2) is 7.02. The van der Waals surface area contributed by atoms with Gasteiger partial charge in [0.25, 0.3) is 0 Å². The van der Waals surface area contributed by atoms with Gasteiger partial charge in [0, 0.05) is 32.0 Å². The van der Waals surface area contributed by atoms with Crippen LogP contribution >= 0.6 is 0 Å². The van der Waals surface area contributed by atoms with Gasteiger partial charge in [0.2, 0.25) is 5.91 Å². The summed E-state index contributed by atoms with van der Waals surface area (Å²) >= 11 is 0. The molecular formula is C15H25N3O. The fourth-order valence-corrected chi connectivity index (χ4v) is 1.90. The van der Waals surface area contributed by atoms with E-state index < -0.39 is 0 Å². The Morgan fingerprint density at radius 2 is 2.05 bits per heavy atom. The Balaban J connectivity index is 2.71. The van der Waals surface area contributed by atoms with Crippen LogP contribution in [0.25, 0.3) is 0 Å². The second-order valence-electron chi connectivity index (χ2n) is 5.05. The Labute approximate surface area is 116 Å². The minimum atomic E-state index is -0.232. The summed E-state index contributed by atoms with van der Waals surface area (Å²) in [4.78, 5) is 13.9. The van der Waals surface area contributed by atoms with E-state index in [1.165, 1.54) is 5.56 Å². The molecule has 106 valence electrons. The molecule has 1 aromatic carbocycles. The molecule has 1 aromatic rings. The third-order valence-electron chi connectivity index (χ3n) is 3.02. The zero-order valence-electron chi connectivity index (χ0n) is 12.6. The van der Waals surface area contributed by atoms with Gasteiger partial charge in [-0.2, -0.15) is 0 Å². The van der Waals surface area contributed by atoms with E-state index in [1.54, 1.807) is 0 Å². The van der Waals surface area contributed by atoms with Gasteiger partial charge in [-0.25, -0.2) is 0 Å². The molecule has 2 N–H and O–H groups in total. The highest BCUT2D eigenvalue weighted by Crippen LogP contribution is 2.22. The molecular weight excluding hydrogens is 238 g/mol. The summed E-state index contributed by atoms with van der Waals surface area (Å²) in [6.45, 7) is 6.72. The number of nitrogens with zero attached hydrogens (tertiary/aromatic N) is 1. The standard InChI is InChI=1S/C15H25N3O/c1-6-9-16-15(19)12(3)17-13-8-7-11(2)14(10-13)18(4)5/h7-8,10,12,17H,6,9H2,1-5H3,(H,16,19). The second-order valence-corrected chi connectivity index (χ2v) is 5.05. The third-order valence-corrected chi connectivity index (χ3v) is 3.02. The van der Waals surface area contributed by atoms with Crippen molar-refractivity contribution in [1.82, 2.24) is 5.32 Å². The number of amides is 1. The van der Waals surface area contributed by atoms with Gasteiger partial charge in [-0.15, -0.1) is 0 Å². The predicted molar refractivity (Wildman–Crippen MR) is 81.9 cm³/mol. The molecule has 0 saturated carbocycles. The smallest absolute Gasteiger partial charge is 0.242 e. The molecule has 0 spiro atoms. The van der Waals surface area contributed by atoms with E-state index in [1.807, 2.05) is 34.0 Å². The molecule has 0 aliphatic rings. The van der Waals surface area contributed by atoms with Gasteiger partial charge in [-0.3, -0.25) is 4.79 Å². The minimum absolute atomic E-state index is 0.0360. The third kappa shape index (κ3) is 4.47. The number of carbonyl (C=O) groups excluding carboxylic acids is 1. The number of hydrogen-bond donors (Lipinski definition) is 2. The number of anilines is 2. The summed E-state index contributed by atoms with van der Waals surface area (Å²) in [5, 5.41) is 6.12. The van der Waals surface area contributed by atoms with Crippen LogP contribution in [0.3, 0.4) is 0 Å². The zero-order valence-corrected chi connectivity index (χ0v) is 12.6. The van der Waals surface area contributed by atoms with Crippen LogP contribution in [0, 0.1) is 6.92 Å². The highest BCUT2D eigenvalue weighted by atomic mass is 16.2. The maximum atomic E-state index is 11.8. The van der Waals surface area contributed by atoms with Crippen LogP contribution in [-0.2, 0) is 4.79 Å². The van der Waals surface area contributed by atoms with E-state index in [4.69, 9.17) is 0 Å². The van der Waals surface area contributed by atoms with Crippen LogP contribution < -0.4 is 15.5 Å². The van der Waals surface area contributed by atoms with Gasteiger partial charge in [-0.05, 0) is 38.0 Å². The fourth-order valence-electron chi connectivity index (χ4n) is 1.90. The predicted octanol–water partition coefficient (Wildman–Crippen LogP) is 2.39. The van der Waals surface area contributed by atoms with Crippen molar-refractivity contribution in [1.29, 1.82) is 0 Å². The lowest BCUT2D eigenvalue weighted by atomic mass is 10.1. The molecule has 4 heteroatoms. The van der Waals surface area contributed by atoms with Crippen molar-refractivity contribution < 1.29 is 4.79 Å². The van der Waals surface area contributed by atoms with Crippen LogP contribution in [0.1, 0.15) is 25.8 Å². The van der Waals surface area contributed by atoms with Gasteiger partial charge in [0.15, 0.2) is 0 Å². The molecule has 1 amide bonds. The number of nitrogens with one attached hydrogen (secondary N) is 2. The Bertz CT molecular complexity index is 429. The first-order chi connectivity index (χ1) is 8.95. The summed E-state index contributed by atoms with van der Waals surface area (Å²) in [5.41, 5.74) is 3.35. The van der Waals surface area contributed by atoms with Gasteiger partial charge in [0.05, 0.1) is 0 Å². The number of carbonyl (C=O) groups is 1. The van der Waals surface area contributed by atoms with Crippen LogP contribution in [-0.4, -0.2) is 32.6 Å². The Morgan fingerprint density at radius 1 is 1.37 bits per heavy atom. The summed E-state index contributed by atoms with van der Waals surface area (Å²) in [5.74, 6) is 0.0360. The van der Waals surface area contributed by atoms with E-state index in [0.29, 0.717) is 0 Å². The maximum absolute atomic E-state index is 11.8. The molecule has 1 atom stereocenters. The van der Waals surface area contributed by atoms with E-state index in [9.17, 15) is 4.79 Å².